The van der Waals surface area contributed by atoms with Gasteiger partial charge in [0.1, 0.15) is 0 Å². The summed E-state index contributed by atoms with van der Waals surface area (Å²) in [6.45, 7) is 6.61. The Morgan fingerprint density at radius 2 is 1.26 bits per heavy atom. The fourth-order valence-electron chi connectivity index (χ4n) is 3.98. The van der Waals surface area contributed by atoms with E-state index in [-0.39, 0.29) is 11.1 Å². The Morgan fingerprint density at radius 1 is 0.804 bits per heavy atom. The smallest absolute Gasteiger partial charge is 0.349 e. The maximum atomic E-state index is 12.2. The number of ether oxygens (including phenoxy) is 2. The lowest BCUT2D eigenvalue weighted by Crippen LogP contribution is -2.45. The molecule has 12 nitrogen and oxygen atoms in total. The third-order valence-corrected chi connectivity index (χ3v) is 7.85. The molecule has 1 aromatic heterocycles. The highest BCUT2D eigenvalue weighted by Gasteiger charge is 2.41. The van der Waals surface area contributed by atoms with Crippen LogP contribution in [0.15, 0.2) is 90.2 Å². The second kappa shape index (κ2) is 16.7. The number of esters is 2. The number of benzene rings is 3. The maximum absolute atomic E-state index is 12.2. The molecule has 4 N–H and O–H groups in total. The molecule has 0 fully saturated rings. The SMILES string of the molecule is CCCn1cncc1CS(=O)c1ccc(N)cc1.Cc1ccc(C(=O)O[C@H](C(=O)O)[C@H](OC(=O)c2ccc(C)cc2)C(=O)O)cc1. The Balaban J connectivity index is 0.000000275. The molecule has 0 radical (unpaired) electrons. The van der Waals surface area contributed by atoms with Crippen LogP contribution < -0.4 is 5.73 Å². The Hall–Kier alpha value is -5.30. The highest BCUT2D eigenvalue weighted by molar-refractivity contribution is 7.84. The maximum Gasteiger partial charge on any atom is 0.349 e. The van der Waals surface area contributed by atoms with E-state index in [1.165, 1.54) is 24.3 Å². The fourth-order valence-corrected chi connectivity index (χ4v) is 5.09. The van der Waals surface area contributed by atoms with Crippen molar-refractivity contribution in [3.05, 3.63) is 113 Å². The summed E-state index contributed by atoms with van der Waals surface area (Å²) < 4.78 is 23.9. The third-order valence-electron chi connectivity index (χ3n) is 6.49. The van der Waals surface area contributed by atoms with Crippen molar-refractivity contribution in [1.82, 2.24) is 9.55 Å². The van der Waals surface area contributed by atoms with Crippen LogP contribution >= 0.6 is 0 Å². The Morgan fingerprint density at radius 3 is 1.67 bits per heavy atom. The van der Waals surface area contributed by atoms with Crippen molar-refractivity contribution in [3.8, 4) is 0 Å². The number of anilines is 1. The van der Waals surface area contributed by atoms with Gasteiger partial charge in [-0.05, 0) is 68.8 Å². The van der Waals surface area contributed by atoms with Gasteiger partial charge in [0.15, 0.2) is 0 Å². The van der Waals surface area contributed by atoms with E-state index >= 15 is 0 Å². The number of nitrogen functional groups attached to an aromatic ring is 1. The minimum atomic E-state index is -2.22. The van der Waals surface area contributed by atoms with E-state index in [0.29, 0.717) is 11.4 Å². The molecule has 4 rings (SSSR count). The first-order valence-corrected chi connectivity index (χ1v) is 15.4. The Kier molecular flexibility index (Phi) is 12.8. The number of hydrogen-bond donors (Lipinski definition) is 3. The van der Waals surface area contributed by atoms with E-state index in [1.54, 1.807) is 62.8 Å². The molecule has 1 unspecified atom stereocenters. The quantitative estimate of drug-likeness (QED) is 0.146. The summed E-state index contributed by atoms with van der Waals surface area (Å²) in [5, 5.41) is 18.6. The number of imidazole rings is 1. The summed E-state index contributed by atoms with van der Waals surface area (Å²) in [7, 11) is -1.05. The second-order valence-corrected chi connectivity index (χ2v) is 11.6. The lowest BCUT2D eigenvalue weighted by atomic mass is 10.1. The lowest BCUT2D eigenvalue weighted by molar-refractivity contribution is -0.166. The predicted molar refractivity (Wildman–Crippen MR) is 170 cm³/mol. The minimum Gasteiger partial charge on any atom is -0.478 e. The number of hydrogen-bond acceptors (Lipinski definition) is 9. The third kappa shape index (κ3) is 10.1. The first-order valence-electron chi connectivity index (χ1n) is 14.1. The lowest BCUT2D eigenvalue weighted by Gasteiger charge is -2.21. The van der Waals surface area contributed by atoms with E-state index in [9.17, 15) is 33.6 Å². The average Bonchev–Trinajstić information content (AvgIpc) is 3.46. The van der Waals surface area contributed by atoms with Crippen molar-refractivity contribution in [2.24, 2.45) is 0 Å². The summed E-state index contributed by atoms with van der Waals surface area (Å²) in [5.74, 6) is -5.13. The van der Waals surface area contributed by atoms with Crippen LogP contribution in [-0.4, -0.2) is 60.1 Å². The zero-order valence-corrected chi connectivity index (χ0v) is 26.3. The van der Waals surface area contributed by atoms with Crippen LogP contribution in [0.3, 0.4) is 0 Å². The van der Waals surface area contributed by atoms with Crippen LogP contribution in [0.5, 0.6) is 0 Å². The number of carbonyl (C=O) groups is 4. The minimum absolute atomic E-state index is 0.0332. The Bertz CT molecular complexity index is 1590. The fraction of sp³-hybridized carbons (Fsp3) is 0.242. The molecule has 0 spiro atoms. The monoisotopic (exact) mass is 649 g/mol. The van der Waals surface area contributed by atoms with Crippen molar-refractivity contribution in [2.75, 3.05) is 5.73 Å². The van der Waals surface area contributed by atoms with Gasteiger partial charge in [0.25, 0.3) is 0 Å². The van der Waals surface area contributed by atoms with Crippen molar-refractivity contribution in [3.63, 3.8) is 0 Å². The van der Waals surface area contributed by atoms with Gasteiger partial charge in [0.05, 0.1) is 39.7 Å². The van der Waals surface area contributed by atoms with Gasteiger partial charge in [0, 0.05) is 23.3 Å². The van der Waals surface area contributed by atoms with Crippen LogP contribution in [0.4, 0.5) is 5.69 Å². The number of carbonyl (C=O) groups excluding carboxylic acids is 2. The van der Waals surface area contributed by atoms with Crippen molar-refractivity contribution < 1.29 is 43.1 Å². The van der Waals surface area contributed by atoms with E-state index in [2.05, 4.69) is 16.5 Å². The molecule has 0 aliphatic heterocycles. The highest BCUT2D eigenvalue weighted by Crippen LogP contribution is 2.16. The van der Waals surface area contributed by atoms with Crippen molar-refractivity contribution >= 4 is 40.4 Å². The summed E-state index contributed by atoms with van der Waals surface area (Å²) in [6, 6.07) is 19.2. The summed E-state index contributed by atoms with van der Waals surface area (Å²) in [6.07, 6.45) is 0.170. The van der Waals surface area contributed by atoms with Crippen molar-refractivity contribution in [1.29, 1.82) is 0 Å². The molecule has 0 aliphatic carbocycles. The van der Waals surface area contributed by atoms with Gasteiger partial charge in [-0.15, -0.1) is 0 Å². The summed E-state index contributed by atoms with van der Waals surface area (Å²) >= 11 is 0. The number of nitrogens with two attached hydrogens (primary N) is 1. The van der Waals surface area contributed by atoms with Gasteiger partial charge in [-0.1, -0.05) is 42.3 Å². The zero-order valence-electron chi connectivity index (χ0n) is 25.5. The zero-order chi connectivity index (χ0) is 33.8. The van der Waals surface area contributed by atoms with Crippen LogP contribution in [0.25, 0.3) is 0 Å². The van der Waals surface area contributed by atoms with Gasteiger partial charge in [-0.3, -0.25) is 4.21 Å². The molecule has 3 aromatic carbocycles. The topological polar surface area (TPSA) is 188 Å². The van der Waals surface area contributed by atoms with Gasteiger partial charge in [-0.2, -0.15) is 0 Å². The van der Waals surface area contributed by atoms with Gasteiger partial charge >= 0.3 is 23.9 Å². The van der Waals surface area contributed by atoms with Crippen LogP contribution in [-0.2, 0) is 42.2 Å². The molecule has 13 heteroatoms. The number of rotatable bonds is 12. The first kappa shape index (κ1) is 35.2. The first-order chi connectivity index (χ1) is 21.9. The second-order valence-electron chi connectivity index (χ2n) is 10.2. The average molecular weight is 650 g/mol. The summed E-state index contributed by atoms with van der Waals surface area (Å²) in [4.78, 5) is 52.2. The van der Waals surface area contributed by atoms with Gasteiger partial charge in [0.2, 0.25) is 12.2 Å². The van der Waals surface area contributed by atoms with Crippen LogP contribution in [0.1, 0.15) is 50.9 Å². The number of carboxylic acids is 2. The van der Waals surface area contributed by atoms with Crippen molar-refractivity contribution in [2.45, 2.75) is 56.6 Å². The van der Waals surface area contributed by atoms with E-state index in [4.69, 9.17) is 15.2 Å². The molecule has 0 saturated carbocycles. The molecular weight excluding hydrogens is 614 g/mol. The molecule has 4 aromatic rings. The number of carboxylic acid groups (broad SMARTS) is 2. The molecular formula is C33H35N3O9S. The van der Waals surface area contributed by atoms with Crippen LogP contribution in [0, 0.1) is 13.8 Å². The Labute approximate surface area is 268 Å². The predicted octanol–water partition coefficient (Wildman–Crippen LogP) is 4.41. The normalized spacial score (nSPS) is 12.5. The molecule has 3 atom stereocenters. The number of aliphatic carboxylic acids is 2. The number of aryl methyl sites for hydroxylation is 3. The molecule has 1 heterocycles. The molecule has 242 valence electrons. The molecule has 0 bridgehead atoms. The molecule has 0 saturated heterocycles. The van der Waals surface area contributed by atoms with Gasteiger partial charge in [-0.25, -0.2) is 24.2 Å². The number of nitrogens with zero attached hydrogens (tertiary/aromatic N) is 2. The molecule has 0 amide bonds. The van der Waals surface area contributed by atoms with E-state index < -0.39 is 46.9 Å². The molecule has 0 aliphatic rings. The van der Waals surface area contributed by atoms with E-state index in [1.807, 2.05) is 12.1 Å². The van der Waals surface area contributed by atoms with Gasteiger partial charge < -0.3 is 30.0 Å². The molecule has 46 heavy (non-hydrogen) atoms. The van der Waals surface area contributed by atoms with Crippen LogP contribution in [0.2, 0.25) is 0 Å². The number of aromatic nitrogens is 2. The standard InChI is InChI=1S/C20H18O8.C13H17N3OS/c1-11-3-7-13(8-4-11)19(25)27-15(17(21)22)16(18(23)24)28-20(26)14-9-5-12(2)6-10-14;1-2-7-16-10-15-8-12(16)9-18(17)13-5-3-11(14)4-6-13/h3-10,15-16H,1-2H3,(H,21,22)(H,23,24);3-6,8,10H,2,7,9,14H2,1H3/t15-,16-;/m0./s1. The van der Waals surface area contributed by atoms with E-state index in [0.717, 1.165) is 34.7 Å². The largest absolute Gasteiger partial charge is 0.478 e. The highest BCUT2D eigenvalue weighted by atomic mass is 32.2. The summed E-state index contributed by atoms with van der Waals surface area (Å²) in [5.41, 5.74) is 9.10.